The average molecular weight is 467 g/mol. The topological polar surface area (TPSA) is 52.8 Å². The van der Waals surface area contributed by atoms with Gasteiger partial charge in [-0.1, -0.05) is 17.7 Å². The van der Waals surface area contributed by atoms with Crippen LogP contribution in [0.4, 0.5) is 24.5 Å². The number of halogens is 4. The first-order valence-corrected chi connectivity index (χ1v) is 11.2. The minimum absolute atomic E-state index is 0.112. The fourth-order valence-electron chi connectivity index (χ4n) is 4.56. The second-order valence-electron chi connectivity index (χ2n) is 8.38. The molecule has 2 fully saturated rings. The Labute approximate surface area is 190 Å². The summed E-state index contributed by atoms with van der Waals surface area (Å²) in [5.41, 5.74) is -0.283. The third-order valence-electron chi connectivity index (χ3n) is 6.28. The lowest BCUT2D eigenvalue weighted by atomic mass is 10.0. The number of amides is 1. The van der Waals surface area contributed by atoms with Crippen molar-refractivity contribution in [2.45, 2.75) is 37.9 Å². The molecule has 4 rings (SSSR count). The Morgan fingerprint density at radius 2 is 1.72 bits per heavy atom. The van der Waals surface area contributed by atoms with Crippen molar-refractivity contribution in [1.82, 2.24) is 4.90 Å². The maximum atomic E-state index is 13.6. The van der Waals surface area contributed by atoms with Crippen LogP contribution < -0.4 is 15.8 Å². The molecule has 0 spiro atoms. The molecule has 9 heteroatoms. The number of alkyl halides is 3. The molecule has 32 heavy (non-hydrogen) atoms. The number of nitrogens with two attached hydrogens (primary N) is 1. The maximum absolute atomic E-state index is 13.6. The van der Waals surface area contributed by atoms with Gasteiger partial charge in [-0.15, -0.1) is 0 Å². The van der Waals surface area contributed by atoms with E-state index in [0.717, 1.165) is 43.1 Å². The Hall–Kier alpha value is -2.29. The number of carbonyl (C=O) groups is 1. The second-order valence-corrected chi connectivity index (χ2v) is 8.82. The van der Waals surface area contributed by atoms with Crippen molar-refractivity contribution in [2.24, 2.45) is 5.84 Å². The minimum atomic E-state index is -4.58. The number of rotatable bonds is 4. The van der Waals surface area contributed by atoms with E-state index in [0.29, 0.717) is 35.5 Å². The predicted molar refractivity (Wildman–Crippen MR) is 120 cm³/mol. The van der Waals surface area contributed by atoms with Gasteiger partial charge >= 0.3 is 6.18 Å². The van der Waals surface area contributed by atoms with Crippen LogP contribution in [0, 0.1) is 0 Å². The molecule has 2 aliphatic rings. The summed E-state index contributed by atoms with van der Waals surface area (Å²) in [6, 6.07) is 10.2. The van der Waals surface area contributed by atoms with Gasteiger partial charge in [-0.05, 0) is 75.2 Å². The first-order chi connectivity index (χ1) is 15.2. The maximum Gasteiger partial charge on any atom is 0.416 e. The van der Waals surface area contributed by atoms with E-state index in [4.69, 9.17) is 17.4 Å². The quantitative estimate of drug-likeness (QED) is 0.394. The van der Waals surface area contributed by atoms with Gasteiger partial charge in [0.1, 0.15) is 0 Å². The first-order valence-electron chi connectivity index (χ1n) is 10.8. The summed E-state index contributed by atoms with van der Waals surface area (Å²) >= 11 is 5.96. The molecule has 2 heterocycles. The van der Waals surface area contributed by atoms with Crippen LogP contribution in [0.3, 0.4) is 0 Å². The molecule has 2 aromatic rings. The van der Waals surface area contributed by atoms with Crippen LogP contribution in [0.15, 0.2) is 42.5 Å². The highest BCUT2D eigenvalue weighted by atomic mass is 35.5. The molecule has 0 aliphatic carbocycles. The summed E-state index contributed by atoms with van der Waals surface area (Å²) < 4.78 is 40.9. The second kappa shape index (κ2) is 9.29. The van der Waals surface area contributed by atoms with Crippen molar-refractivity contribution < 1.29 is 18.0 Å². The van der Waals surface area contributed by atoms with Gasteiger partial charge in [0.2, 0.25) is 0 Å². The number of hydrazine groups is 1. The van der Waals surface area contributed by atoms with E-state index in [9.17, 15) is 18.0 Å². The molecule has 2 aliphatic heterocycles. The number of likely N-dealkylation sites (tertiary alicyclic amines) is 1. The summed E-state index contributed by atoms with van der Waals surface area (Å²) in [6.07, 6.45) is -0.367. The number of anilines is 2. The Morgan fingerprint density at radius 3 is 2.34 bits per heavy atom. The van der Waals surface area contributed by atoms with Gasteiger partial charge in [0, 0.05) is 35.4 Å². The normalized spacial score (nSPS) is 18.2. The zero-order chi connectivity index (χ0) is 22.9. The van der Waals surface area contributed by atoms with E-state index < -0.39 is 17.6 Å². The molecule has 0 unspecified atom stereocenters. The number of hydrogen-bond acceptors (Lipinski definition) is 4. The molecule has 0 saturated carbocycles. The van der Waals surface area contributed by atoms with E-state index in [2.05, 4.69) is 4.90 Å². The van der Waals surface area contributed by atoms with E-state index >= 15 is 0 Å². The largest absolute Gasteiger partial charge is 0.416 e. The molecule has 172 valence electrons. The fraction of sp³-hybridized carbons (Fsp3) is 0.435. The van der Waals surface area contributed by atoms with Gasteiger partial charge in [0.25, 0.3) is 5.91 Å². The Kier molecular flexibility index (Phi) is 6.65. The lowest BCUT2D eigenvalue weighted by Crippen LogP contribution is -2.44. The number of piperidine rings is 1. The predicted octanol–water partition coefficient (Wildman–Crippen LogP) is 4.94. The lowest BCUT2D eigenvalue weighted by molar-refractivity contribution is -0.137. The van der Waals surface area contributed by atoms with E-state index in [1.807, 2.05) is 4.90 Å². The summed E-state index contributed by atoms with van der Waals surface area (Å²) in [5.74, 6) is 5.21. The molecule has 1 amide bonds. The molecule has 0 aromatic heterocycles. The van der Waals surface area contributed by atoms with Gasteiger partial charge in [0.05, 0.1) is 11.3 Å². The molecule has 5 nitrogen and oxygen atoms in total. The van der Waals surface area contributed by atoms with Gasteiger partial charge in [0.15, 0.2) is 0 Å². The lowest BCUT2D eigenvalue weighted by Gasteiger charge is -2.38. The van der Waals surface area contributed by atoms with Crippen molar-refractivity contribution >= 4 is 28.9 Å². The Bertz CT molecular complexity index is 970. The smallest absolute Gasteiger partial charge is 0.371 e. The monoisotopic (exact) mass is 466 g/mol. The number of nitrogens with zero attached hydrogens (tertiary/aromatic N) is 3. The number of carbonyl (C=O) groups excluding carboxylic acids is 1. The number of hydrogen-bond donors (Lipinski definition) is 1. The van der Waals surface area contributed by atoms with Crippen molar-refractivity contribution in [3.63, 3.8) is 0 Å². The van der Waals surface area contributed by atoms with Crippen LogP contribution in [0.5, 0.6) is 0 Å². The highest BCUT2D eigenvalue weighted by Crippen LogP contribution is 2.35. The zero-order valence-electron chi connectivity index (χ0n) is 17.6. The van der Waals surface area contributed by atoms with Gasteiger partial charge in [-0.3, -0.25) is 4.79 Å². The van der Waals surface area contributed by atoms with Crippen LogP contribution >= 0.6 is 11.6 Å². The van der Waals surface area contributed by atoms with Gasteiger partial charge in [-0.25, -0.2) is 10.9 Å². The molecule has 0 atom stereocenters. The van der Waals surface area contributed by atoms with Crippen molar-refractivity contribution in [3.05, 3.63) is 58.6 Å². The summed E-state index contributed by atoms with van der Waals surface area (Å²) in [5, 5.41) is 1.20. The molecule has 2 N–H and O–H groups in total. The van der Waals surface area contributed by atoms with E-state index in [-0.39, 0.29) is 5.56 Å². The summed E-state index contributed by atoms with van der Waals surface area (Å²) in [4.78, 5) is 17.4. The first kappa shape index (κ1) is 22.9. The van der Waals surface area contributed by atoms with Gasteiger partial charge < -0.3 is 9.80 Å². The van der Waals surface area contributed by atoms with E-state index in [1.165, 1.54) is 25.0 Å². The van der Waals surface area contributed by atoms with Crippen LogP contribution in [-0.4, -0.2) is 43.0 Å². The van der Waals surface area contributed by atoms with Crippen LogP contribution in [0.2, 0.25) is 5.02 Å². The minimum Gasteiger partial charge on any atom is -0.371 e. The van der Waals surface area contributed by atoms with Crippen LogP contribution in [-0.2, 0) is 6.18 Å². The molecule has 0 bridgehead atoms. The summed E-state index contributed by atoms with van der Waals surface area (Å²) in [7, 11) is 0. The zero-order valence-corrected chi connectivity index (χ0v) is 18.4. The third kappa shape index (κ3) is 5.03. The summed E-state index contributed by atoms with van der Waals surface area (Å²) in [6.45, 7) is 3.50. The average Bonchev–Trinajstić information content (AvgIpc) is 3.32. The Morgan fingerprint density at radius 1 is 1.03 bits per heavy atom. The molecular weight excluding hydrogens is 441 g/mol. The third-order valence-corrected chi connectivity index (χ3v) is 6.52. The SMILES string of the molecule is NN(C(=O)c1cc(N2CCC(N3CCCC3)CC2)cc(C(F)(F)F)c1)c1cccc(Cl)c1. The highest BCUT2D eigenvalue weighted by molar-refractivity contribution is 6.31. The van der Waals surface area contributed by atoms with E-state index in [1.54, 1.807) is 18.2 Å². The van der Waals surface area contributed by atoms with Crippen LogP contribution in [0.1, 0.15) is 41.6 Å². The van der Waals surface area contributed by atoms with Crippen LogP contribution in [0.25, 0.3) is 0 Å². The Balaban J connectivity index is 1.58. The molecule has 2 aromatic carbocycles. The van der Waals surface area contributed by atoms with Gasteiger partial charge in [-0.2, -0.15) is 13.2 Å². The van der Waals surface area contributed by atoms with Crippen molar-refractivity contribution in [3.8, 4) is 0 Å². The molecular formula is C23H26ClF3N4O. The highest BCUT2D eigenvalue weighted by Gasteiger charge is 2.34. The standard InChI is InChI=1S/C23H26ClF3N4O/c24-18-4-3-5-20(15-18)31(28)22(32)16-12-17(23(25,26)27)14-21(13-16)30-10-6-19(7-11-30)29-8-1-2-9-29/h3-5,12-15,19H,1-2,6-11,28H2. The van der Waals surface area contributed by atoms with Crippen molar-refractivity contribution in [1.29, 1.82) is 0 Å². The molecule has 0 radical (unpaired) electrons. The van der Waals surface area contributed by atoms with Crippen molar-refractivity contribution in [2.75, 3.05) is 36.1 Å². The number of benzene rings is 2. The fourth-order valence-corrected chi connectivity index (χ4v) is 4.74. The molecule has 2 saturated heterocycles.